The number of urea groups is 1. The molecule has 1 saturated heterocycles. The van der Waals surface area contributed by atoms with Crippen LogP contribution in [-0.2, 0) is 6.42 Å². The fraction of sp³-hybridized carbons (Fsp3) is 0.286. The van der Waals surface area contributed by atoms with Crippen molar-refractivity contribution in [3.05, 3.63) is 95.6 Å². The smallest absolute Gasteiger partial charge is 0.317 e. The van der Waals surface area contributed by atoms with Crippen LogP contribution in [0.25, 0.3) is 0 Å². The largest absolute Gasteiger partial charge is 0.493 e. The molecule has 1 N–H and O–H groups in total. The molecule has 1 fully saturated rings. The first-order valence-corrected chi connectivity index (χ1v) is 11.8. The average molecular weight is 474 g/mol. The van der Waals surface area contributed by atoms with Gasteiger partial charge in [-0.15, -0.1) is 0 Å². The van der Waals surface area contributed by atoms with Crippen LogP contribution in [0, 0.1) is 0 Å². The third kappa shape index (κ3) is 5.74. The molecular formula is C28H31N3O4. The van der Waals surface area contributed by atoms with Gasteiger partial charge in [-0.1, -0.05) is 60.7 Å². The minimum atomic E-state index is -0.259. The number of methoxy groups -OCH3 is 2. The van der Waals surface area contributed by atoms with Crippen LogP contribution in [0.3, 0.4) is 0 Å². The van der Waals surface area contributed by atoms with Gasteiger partial charge in [0.1, 0.15) is 0 Å². The molecular weight excluding hydrogens is 442 g/mol. The van der Waals surface area contributed by atoms with Gasteiger partial charge in [0.25, 0.3) is 5.91 Å². The number of nitrogens with zero attached hydrogens (tertiary/aromatic N) is 2. The number of hydrogen-bond donors (Lipinski definition) is 1. The van der Waals surface area contributed by atoms with E-state index in [2.05, 4.69) is 17.4 Å². The van der Waals surface area contributed by atoms with Crippen molar-refractivity contribution in [1.82, 2.24) is 15.1 Å². The standard InChI is InChI=1S/C28H31N3O4/c1-34-25-14-13-23(19-26(25)35-2)27(32)31-18-17-30(20-24(31)22-11-7-4-8-12-22)28(33)29-16-15-21-9-5-3-6-10-21/h3-14,19,24H,15-18,20H2,1-2H3,(H,29,33). The maximum absolute atomic E-state index is 13.6. The van der Waals surface area contributed by atoms with Gasteiger partial charge in [0.05, 0.1) is 20.3 Å². The van der Waals surface area contributed by atoms with Gasteiger partial charge in [-0.05, 0) is 35.7 Å². The molecule has 0 radical (unpaired) electrons. The van der Waals surface area contributed by atoms with Gasteiger partial charge in [0.15, 0.2) is 11.5 Å². The van der Waals surface area contributed by atoms with E-state index in [4.69, 9.17) is 9.47 Å². The zero-order valence-electron chi connectivity index (χ0n) is 20.1. The lowest BCUT2D eigenvalue weighted by molar-refractivity contribution is 0.0506. The molecule has 0 spiro atoms. The first-order valence-electron chi connectivity index (χ1n) is 11.8. The summed E-state index contributed by atoms with van der Waals surface area (Å²) >= 11 is 0. The van der Waals surface area contributed by atoms with Crippen LogP contribution >= 0.6 is 0 Å². The average Bonchev–Trinajstić information content (AvgIpc) is 2.93. The van der Waals surface area contributed by atoms with Gasteiger partial charge in [-0.2, -0.15) is 0 Å². The summed E-state index contributed by atoms with van der Waals surface area (Å²) in [6.45, 7) is 1.86. The van der Waals surface area contributed by atoms with E-state index in [1.165, 1.54) is 5.56 Å². The number of carbonyl (C=O) groups is 2. The summed E-state index contributed by atoms with van der Waals surface area (Å²) in [6, 6.07) is 24.7. The summed E-state index contributed by atoms with van der Waals surface area (Å²) in [5.41, 5.74) is 2.69. The first kappa shape index (κ1) is 24.1. The summed E-state index contributed by atoms with van der Waals surface area (Å²) in [4.78, 5) is 30.1. The highest BCUT2D eigenvalue weighted by atomic mass is 16.5. The minimum Gasteiger partial charge on any atom is -0.493 e. The summed E-state index contributed by atoms with van der Waals surface area (Å²) in [7, 11) is 3.11. The van der Waals surface area contributed by atoms with Gasteiger partial charge in [-0.3, -0.25) is 4.79 Å². The lowest BCUT2D eigenvalue weighted by Crippen LogP contribution is -2.54. The third-order valence-corrected chi connectivity index (χ3v) is 6.28. The Morgan fingerprint density at radius 3 is 2.26 bits per heavy atom. The maximum atomic E-state index is 13.6. The molecule has 0 aliphatic carbocycles. The van der Waals surface area contributed by atoms with Crippen molar-refractivity contribution < 1.29 is 19.1 Å². The van der Waals surface area contributed by atoms with Crippen molar-refractivity contribution in [2.24, 2.45) is 0 Å². The highest BCUT2D eigenvalue weighted by Gasteiger charge is 2.34. The van der Waals surface area contributed by atoms with Crippen LogP contribution < -0.4 is 14.8 Å². The highest BCUT2D eigenvalue weighted by Crippen LogP contribution is 2.31. The second-order valence-electron chi connectivity index (χ2n) is 8.41. The fourth-order valence-electron chi connectivity index (χ4n) is 4.38. The van der Waals surface area contributed by atoms with Crippen LogP contribution in [0.1, 0.15) is 27.5 Å². The first-order chi connectivity index (χ1) is 17.1. The van der Waals surface area contributed by atoms with Crippen molar-refractivity contribution in [1.29, 1.82) is 0 Å². The molecule has 7 heteroatoms. The predicted octanol–water partition coefficient (Wildman–Crippen LogP) is 4.16. The lowest BCUT2D eigenvalue weighted by atomic mass is 10.0. The second-order valence-corrected chi connectivity index (χ2v) is 8.41. The molecule has 1 heterocycles. The van der Waals surface area contributed by atoms with Crippen LogP contribution in [0.5, 0.6) is 11.5 Å². The summed E-state index contributed by atoms with van der Waals surface area (Å²) in [5.74, 6) is 0.968. The summed E-state index contributed by atoms with van der Waals surface area (Å²) in [5, 5.41) is 3.03. The number of ether oxygens (including phenoxy) is 2. The van der Waals surface area contributed by atoms with E-state index in [0.29, 0.717) is 43.2 Å². The van der Waals surface area contributed by atoms with Crippen LogP contribution in [0.4, 0.5) is 4.79 Å². The Balaban J connectivity index is 1.48. The van der Waals surface area contributed by atoms with E-state index in [1.54, 1.807) is 37.3 Å². The van der Waals surface area contributed by atoms with Crippen LogP contribution in [0.2, 0.25) is 0 Å². The van der Waals surface area contributed by atoms with E-state index in [0.717, 1.165) is 12.0 Å². The Bertz CT molecular complexity index is 1140. The molecule has 1 unspecified atom stereocenters. The Morgan fingerprint density at radius 2 is 1.57 bits per heavy atom. The quantitative estimate of drug-likeness (QED) is 0.560. The molecule has 7 nitrogen and oxygen atoms in total. The van der Waals surface area contributed by atoms with Gasteiger partial charge < -0.3 is 24.6 Å². The number of benzene rings is 3. The van der Waals surface area contributed by atoms with E-state index < -0.39 is 0 Å². The number of amides is 3. The molecule has 0 saturated carbocycles. The van der Waals surface area contributed by atoms with E-state index >= 15 is 0 Å². The van der Waals surface area contributed by atoms with E-state index in [-0.39, 0.29) is 18.0 Å². The van der Waals surface area contributed by atoms with Crippen molar-refractivity contribution in [2.45, 2.75) is 12.5 Å². The van der Waals surface area contributed by atoms with Crippen LogP contribution in [-0.4, -0.2) is 62.1 Å². The molecule has 1 atom stereocenters. The van der Waals surface area contributed by atoms with Crippen molar-refractivity contribution in [3.8, 4) is 11.5 Å². The highest BCUT2D eigenvalue weighted by molar-refractivity contribution is 5.95. The molecule has 1 aliphatic heterocycles. The number of carbonyl (C=O) groups excluding carboxylic acids is 2. The fourth-order valence-corrected chi connectivity index (χ4v) is 4.38. The zero-order chi connectivity index (χ0) is 24.6. The Labute approximate surface area is 206 Å². The molecule has 3 aromatic carbocycles. The Kier molecular flexibility index (Phi) is 7.88. The molecule has 1 aliphatic rings. The predicted molar refractivity (Wildman–Crippen MR) is 135 cm³/mol. The van der Waals surface area contributed by atoms with Gasteiger partial charge in [0.2, 0.25) is 0 Å². The van der Waals surface area contributed by atoms with Gasteiger partial charge in [-0.25, -0.2) is 4.79 Å². The van der Waals surface area contributed by atoms with E-state index in [1.807, 2.05) is 53.4 Å². The maximum Gasteiger partial charge on any atom is 0.317 e. The molecule has 3 aromatic rings. The van der Waals surface area contributed by atoms with E-state index in [9.17, 15) is 9.59 Å². The molecule has 0 bridgehead atoms. The molecule has 35 heavy (non-hydrogen) atoms. The van der Waals surface area contributed by atoms with Crippen molar-refractivity contribution >= 4 is 11.9 Å². The number of piperazine rings is 1. The number of hydrogen-bond acceptors (Lipinski definition) is 4. The van der Waals surface area contributed by atoms with Crippen LogP contribution in [0.15, 0.2) is 78.9 Å². The second kappa shape index (κ2) is 11.4. The Morgan fingerprint density at radius 1 is 0.886 bits per heavy atom. The minimum absolute atomic E-state index is 0.107. The number of nitrogens with one attached hydrogen (secondary N) is 1. The normalized spacial score (nSPS) is 15.4. The topological polar surface area (TPSA) is 71.1 Å². The SMILES string of the molecule is COc1ccc(C(=O)N2CCN(C(=O)NCCc3ccccc3)CC2c2ccccc2)cc1OC. The summed E-state index contributed by atoms with van der Waals surface area (Å²) in [6.07, 6.45) is 0.770. The lowest BCUT2D eigenvalue weighted by Gasteiger charge is -2.41. The van der Waals surface area contributed by atoms with Gasteiger partial charge in [0, 0.05) is 31.7 Å². The van der Waals surface area contributed by atoms with Crippen molar-refractivity contribution in [2.75, 3.05) is 40.4 Å². The Hall–Kier alpha value is -4.00. The third-order valence-electron chi connectivity index (χ3n) is 6.28. The molecule has 3 amide bonds. The summed E-state index contributed by atoms with van der Waals surface area (Å²) < 4.78 is 10.7. The molecule has 4 rings (SSSR count). The molecule has 0 aromatic heterocycles. The zero-order valence-corrected chi connectivity index (χ0v) is 20.1. The molecule has 182 valence electrons. The van der Waals surface area contributed by atoms with Gasteiger partial charge >= 0.3 is 6.03 Å². The monoisotopic (exact) mass is 473 g/mol. The number of rotatable bonds is 7. The van der Waals surface area contributed by atoms with Crippen molar-refractivity contribution in [3.63, 3.8) is 0 Å².